The number of nitrogens with one attached hydrogen (secondary N) is 1. The first-order valence-corrected chi connectivity index (χ1v) is 12.0. The predicted molar refractivity (Wildman–Crippen MR) is 127 cm³/mol. The molecule has 2 aromatic carbocycles. The molecular weight excluding hydrogens is 412 g/mol. The van der Waals surface area contributed by atoms with Crippen molar-refractivity contribution in [3.05, 3.63) is 60.2 Å². The number of para-hydroxylation sites is 1. The van der Waals surface area contributed by atoms with Crippen molar-refractivity contribution in [3.63, 3.8) is 0 Å². The third kappa shape index (κ3) is 7.97. The van der Waals surface area contributed by atoms with Crippen molar-refractivity contribution < 1.29 is 13.2 Å². The van der Waals surface area contributed by atoms with Gasteiger partial charge in [0.25, 0.3) is 10.0 Å². The number of likely N-dealkylation sites (N-methyl/N-ethyl adjacent to an activating group) is 1. The maximum Gasteiger partial charge on any atom is 0.264 e. The number of nitrogens with zero attached hydrogens (tertiary/aromatic N) is 3. The van der Waals surface area contributed by atoms with Crippen molar-refractivity contribution in [1.82, 2.24) is 10.3 Å². The summed E-state index contributed by atoms with van der Waals surface area (Å²) in [6.45, 7) is 4.60. The van der Waals surface area contributed by atoms with Gasteiger partial charge in [-0.15, -0.1) is 0 Å². The Labute approximate surface area is 186 Å². The summed E-state index contributed by atoms with van der Waals surface area (Å²) in [6.07, 6.45) is 3.58. The van der Waals surface area contributed by atoms with Gasteiger partial charge in [-0.3, -0.25) is 4.31 Å². The third-order valence-corrected chi connectivity index (χ3v) is 6.47. The summed E-state index contributed by atoms with van der Waals surface area (Å²) in [4.78, 5) is 2.26. The van der Waals surface area contributed by atoms with Gasteiger partial charge in [0.2, 0.25) is 0 Å². The van der Waals surface area contributed by atoms with Gasteiger partial charge in [-0.25, -0.2) is 8.42 Å². The lowest BCUT2D eigenvalue weighted by atomic mass is 10.2. The number of hydrogen-bond donors (Lipinski definition) is 1. The topological polar surface area (TPSA) is 74.2 Å². The number of rotatable bonds is 14. The first-order valence-electron chi connectivity index (χ1n) is 10.6. The van der Waals surface area contributed by atoms with Gasteiger partial charge in [-0.05, 0) is 52.1 Å². The van der Waals surface area contributed by atoms with E-state index in [0.29, 0.717) is 32.0 Å². The van der Waals surface area contributed by atoms with E-state index in [1.807, 2.05) is 56.3 Å². The molecule has 1 N–H and O–H groups in total. The first-order chi connectivity index (χ1) is 15.0. The Balaban J connectivity index is 2.14. The minimum absolute atomic E-state index is 0.284. The highest BCUT2D eigenvalue weighted by molar-refractivity contribution is 7.92. The van der Waals surface area contributed by atoms with Gasteiger partial charge in [0.15, 0.2) is 0 Å². The minimum atomic E-state index is -3.69. The van der Waals surface area contributed by atoms with Crippen LogP contribution in [0.4, 0.5) is 5.69 Å². The molecule has 0 aliphatic rings. The molecule has 0 aliphatic heterocycles. The molecule has 2 aromatic rings. The molecule has 0 aromatic heterocycles. The van der Waals surface area contributed by atoms with Crippen LogP contribution < -0.4 is 9.73 Å². The number of anilines is 1. The zero-order valence-corrected chi connectivity index (χ0v) is 19.5. The van der Waals surface area contributed by atoms with Crippen LogP contribution in [-0.4, -0.2) is 59.9 Å². The summed E-state index contributed by atoms with van der Waals surface area (Å²) in [7, 11) is 0.176. The summed E-state index contributed by atoms with van der Waals surface area (Å²) >= 11 is 0. The quantitative estimate of drug-likeness (QED) is 0.274. The van der Waals surface area contributed by atoms with Crippen LogP contribution in [0.25, 0.3) is 0 Å². The third-order valence-electron chi connectivity index (χ3n) is 4.65. The molecule has 0 heterocycles. The van der Waals surface area contributed by atoms with E-state index < -0.39 is 10.0 Å². The van der Waals surface area contributed by atoms with E-state index in [-0.39, 0.29) is 4.90 Å². The molecule has 8 heteroatoms. The lowest BCUT2D eigenvalue weighted by molar-refractivity contribution is 0.117. The normalized spacial score (nSPS) is 11.9. The molecule has 0 atom stereocenters. The monoisotopic (exact) mass is 446 g/mol. The molecule has 0 fully saturated rings. The lowest BCUT2D eigenvalue weighted by Gasteiger charge is -2.28. The van der Waals surface area contributed by atoms with Gasteiger partial charge in [0.1, 0.15) is 0 Å². The molecule has 0 spiro atoms. The summed E-state index contributed by atoms with van der Waals surface area (Å²) in [6, 6.07) is 16.1. The van der Waals surface area contributed by atoms with Gasteiger partial charge < -0.3 is 15.1 Å². The highest BCUT2D eigenvalue weighted by atomic mass is 32.2. The zero-order chi connectivity index (χ0) is 22.5. The Kier molecular flexibility index (Phi) is 10.5. The summed E-state index contributed by atoms with van der Waals surface area (Å²) in [5.74, 6) is 0. The second-order valence-electron chi connectivity index (χ2n) is 7.38. The average molecular weight is 447 g/mol. The van der Waals surface area contributed by atoms with E-state index >= 15 is 0 Å². The van der Waals surface area contributed by atoms with Gasteiger partial charge in [0, 0.05) is 38.0 Å². The molecule has 31 heavy (non-hydrogen) atoms. The highest BCUT2D eigenvalue weighted by Crippen LogP contribution is 2.27. The average Bonchev–Trinajstić information content (AvgIpc) is 2.77. The van der Waals surface area contributed by atoms with E-state index in [9.17, 15) is 8.42 Å². The number of benzene rings is 2. The molecule has 0 saturated carbocycles. The Morgan fingerprint density at radius 3 is 2.42 bits per heavy atom. The fraction of sp³-hybridized carbons (Fsp3) is 0.435. The van der Waals surface area contributed by atoms with E-state index in [0.717, 1.165) is 24.9 Å². The molecule has 0 bridgehead atoms. The first kappa shape index (κ1) is 24.8. The summed E-state index contributed by atoms with van der Waals surface area (Å²) < 4.78 is 34.3. The van der Waals surface area contributed by atoms with E-state index in [4.69, 9.17) is 4.74 Å². The lowest BCUT2D eigenvalue weighted by Crippen LogP contribution is -2.37. The maximum absolute atomic E-state index is 13.4. The second kappa shape index (κ2) is 13.1. The van der Waals surface area contributed by atoms with Crippen LogP contribution in [0, 0.1) is 0 Å². The molecule has 0 radical (unpaired) electrons. The summed E-state index contributed by atoms with van der Waals surface area (Å²) in [5.41, 5.74) is 4.47. The zero-order valence-electron chi connectivity index (χ0n) is 18.7. The van der Waals surface area contributed by atoms with E-state index in [2.05, 4.69) is 10.5 Å². The smallest absolute Gasteiger partial charge is 0.264 e. The molecular formula is C23H34N4O3S. The van der Waals surface area contributed by atoms with Crippen LogP contribution in [0.15, 0.2) is 64.6 Å². The second-order valence-corrected chi connectivity index (χ2v) is 9.24. The van der Waals surface area contributed by atoms with Crippen molar-refractivity contribution in [3.8, 4) is 0 Å². The van der Waals surface area contributed by atoms with Gasteiger partial charge in [-0.2, -0.15) is 5.10 Å². The molecule has 0 saturated heterocycles. The molecule has 0 unspecified atom stereocenters. The number of sulfonamides is 1. The van der Waals surface area contributed by atoms with Crippen molar-refractivity contribution >= 4 is 21.9 Å². The predicted octanol–water partition coefficient (Wildman–Crippen LogP) is 3.34. The fourth-order valence-corrected chi connectivity index (χ4v) is 4.52. The van der Waals surface area contributed by atoms with Gasteiger partial charge >= 0.3 is 0 Å². The number of ether oxygens (including phenoxy) is 1. The minimum Gasteiger partial charge on any atom is -0.377 e. The fourth-order valence-electron chi connectivity index (χ4n) is 3.00. The molecule has 2 rings (SSSR count). The van der Waals surface area contributed by atoms with Crippen LogP contribution >= 0.6 is 0 Å². The van der Waals surface area contributed by atoms with Crippen LogP contribution in [0.3, 0.4) is 0 Å². The molecule has 0 aliphatic carbocycles. The Morgan fingerprint density at radius 2 is 1.71 bits per heavy atom. The Morgan fingerprint density at radius 1 is 1.00 bits per heavy atom. The summed E-state index contributed by atoms with van der Waals surface area (Å²) in [5, 5.41) is 3.96. The van der Waals surface area contributed by atoms with Gasteiger partial charge in [-0.1, -0.05) is 36.4 Å². The number of unbranched alkanes of at least 4 members (excludes halogenated alkanes) is 1. The van der Waals surface area contributed by atoms with Crippen LogP contribution in [0.2, 0.25) is 0 Å². The van der Waals surface area contributed by atoms with Crippen LogP contribution in [0.5, 0.6) is 0 Å². The van der Waals surface area contributed by atoms with E-state index in [1.54, 1.807) is 30.5 Å². The standard InChI is InChI=1S/C23H34N4O3S/c1-4-24-25-16-10-11-19-30-20-21-12-8-9-15-23(21)27(18-17-26(2)3)31(28,29)22-13-6-5-7-14-22/h4-9,12-15,25H,10-11,16-20H2,1-3H3/b24-4+. The largest absolute Gasteiger partial charge is 0.377 e. The van der Waals surface area contributed by atoms with Crippen LogP contribution in [-0.2, 0) is 21.4 Å². The molecule has 0 amide bonds. The van der Waals surface area contributed by atoms with Gasteiger partial charge in [0.05, 0.1) is 17.2 Å². The Hall–Kier alpha value is -2.42. The van der Waals surface area contributed by atoms with Crippen LogP contribution in [0.1, 0.15) is 25.3 Å². The van der Waals surface area contributed by atoms with Crippen molar-refractivity contribution in [1.29, 1.82) is 0 Å². The number of hydrogen-bond acceptors (Lipinski definition) is 6. The van der Waals surface area contributed by atoms with Crippen molar-refractivity contribution in [2.75, 3.05) is 44.6 Å². The molecule has 7 nitrogen and oxygen atoms in total. The maximum atomic E-state index is 13.4. The SMILES string of the molecule is C/C=N/NCCCCOCc1ccccc1N(CCN(C)C)S(=O)(=O)c1ccccc1. The number of hydrazone groups is 1. The van der Waals surface area contributed by atoms with Crippen molar-refractivity contribution in [2.24, 2.45) is 5.10 Å². The van der Waals surface area contributed by atoms with E-state index in [1.165, 1.54) is 4.31 Å². The highest BCUT2D eigenvalue weighted by Gasteiger charge is 2.26. The Bertz CT molecular complexity index is 902. The van der Waals surface area contributed by atoms with Crippen molar-refractivity contribution in [2.45, 2.75) is 31.3 Å². The molecule has 170 valence electrons.